The number of nitrogens with one attached hydrogen (secondary N) is 1. The molecular formula is C17H24N2OS. The molecule has 0 fully saturated rings. The van der Waals surface area contributed by atoms with E-state index in [1.165, 1.54) is 10.4 Å². The maximum atomic E-state index is 5.84. The molecule has 1 aromatic carbocycles. The molecular weight excluding hydrogens is 280 g/mol. The molecule has 0 saturated heterocycles. The van der Waals surface area contributed by atoms with Crippen LogP contribution < -0.4 is 10.1 Å². The minimum absolute atomic E-state index is 0.680. The summed E-state index contributed by atoms with van der Waals surface area (Å²) >= 11 is 1.80. The van der Waals surface area contributed by atoms with Crippen LogP contribution in [0.1, 0.15) is 34.5 Å². The summed E-state index contributed by atoms with van der Waals surface area (Å²) < 4.78 is 5.84. The quantitative estimate of drug-likeness (QED) is 0.752. The Bertz CT molecular complexity index is 566. The van der Waals surface area contributed by atoms with Crippen LogP contribution in [0.25, 0.3) is 0 Å². The number of nitrogens with zero attached hydrogens (tertiary/aromatic N) is 1. The second kappa shape index (κ2) is 8.15. The van der Waals surface area contributed by atoms with Crippen molar-refractivity contribution in [2.45, 2.75) is 40.2 Å². The van der Waals surface area contributed by atoms with E-state index in [0.717, 1.165) is 42.4 Å². The largest absolute Gasteiger partial charge is 0.493 e. The third-order valence-electron chi connectivity index (χ3n) is 3.32. The number of hydrogen-bond donors (Lipinski definition) is 1. The van der Waals surface area contributed by atoms with Gasteiger partial charge in [-0.05, 0) is 38.4 Å². The van der Waals surface area contributed by atoms with E-state index in [1.807, 2.05) is 18.2 Å². The Hall–Kier alpha value is -1.39. The number of thiazole rings is 1. The first-order valence-corrected chi connectivity index (χ1v) is 8.36. The number of aromatic nitrogens is 1. The van der Waals surface area contributed by atoms with Gasteiger partial charge in [-0.2, -0.15) is 0 Å². The van der Waals surface area contributed by atoms with Gasteiger partial charge >= 0.3 is 0 Å². The van der Waals surface area contributed by atoms with Gasteiger partial charge in [0.1, 0.15) is 5.75 Å². The van der Waals surface area contributed by atoms with Crippen LogP contribution >= 0.6 is 11.3 Å². The molecule has 0 saturated carbocycles. The first-order valence-electron chi connectivity index (χ1n) is 7.55. The zero-order valence-corrected chi connectivity index (χ0v) is 13.9. The van der Waals surface area contributed by atoms with Crippen LogP contribution in [-0.2, 0) is 13.0 Å². The van der Waals surface area contributed by atoms with E-state index in [-0.39, 0.29) is 0 Å². The van der Waals surface area contributed by atoms with Crippen molar-refractivity contribution in [1.82, 2.24) is 10.3 Å². The van der Waals surface area contributed by atoms with Crippen LogP contribution in [-0.4, -0.2) is 18.1 Å². The molecule has 1 aromatic heterocycles. The zero-order valence-electron chi connectivity index (χ0n) is 13.1. The average Bonchev–Trinajstić information content (AvgIpc) is 2.82. The Balaban J connectivity index is 1.83. The molecule has 0 amide bonds. The lowest BCUT2D eigenvalue weighted by Crippen LogP contribution is -2.13. The third-order valence-corrected chi connectivity index (χ3v) is 4.53. The Morgan fingerprint density at radius 2 is 2.05 bits per heavy atom. The van der Waals surface area contributed by atoms with Crippen molar-refractivity contribution in [2.24, 2.45) is 0 Å². The van der Waals surface area contributed by atoms with Crippen LogP contribution in [0.5, 0.6) is 5.75 Å². The van der Waals surface area contributed by atoms with Gasteiger partial charge in [0.2, 0.25) is 0 Å². The molecule has 0 atom stereocenters. The molecule has 2 rings (SSSR count). The maximum absolute atomic E-state index is 5.84. The molecule has 0 spiro atoms. The fraction of sp³-hybridized carbons (Fsp3) is 0.471. The monoisotopic (exact) mass is 304 g/mol. The van der Waals surface area contributed by atoms with Crippen LogP contribution in [0.3, 0.4) is 0 Å². The van der Waals surface area contributed by atoms with E-state index in [4.69, 9.17) is 4.74 Å². The van der Waals surface area contributed by atoms with Crippen molar-refractivity contribution in [2.75, 3.05) is 13.2 Å². The summed E-state index contributed by atoms with van der Waals surface area (Å²) in [5, 5.41) is 4.60. The fourth-order valence-electron chi connectivity index (χ4n) is 2.10. The molecule has 3 nitrogen and oxygen atoms in total. The summed E-state index contributed by atoms with van der Waals surface area (Å²) in [6.07, 6.45) is 2.03. The lowest BCUT2D eigenvalue weighted by atomic mass is 10.2. The van der Waals surface area contributed by atoms with Crippen LogP contribution in [0.4, 0.5) is 0 Å². The number of aryl methyl sites for hydroxylation is 2. The molecule has 1 N–H and O–H groups in total. The summed E-state index contributed by atoms with van der Waals surface area (Å²) in [4.78, 5) is 5.98. The minimum Gasteiger partial charge on any atom is -0.493 e. The molecule has 0 aliphatic rings. The predicted octanol–water partition coefficient (Wildman–Crippen LogP) is 3.88. The minimum atomic E-state index is 0.680. The second-order valence-corrected chi connectivity index (χ2v) is 6.33. The highest BCUT2D eigenvalue weighted by Crippen LogP contribution is 2.20. The summed E-state index contributed by atoms with van der Waals surface area (Å²) in [5.74, 6) is 0.968. The Labute approximate surface area is 131 Å². The average molecular weight is 304 g/mol. The zero-order chi connectivity index (χ0) is 15.1. The second-order valence-electron chi connectivity index (χ2n) is 5.16. The first kappa shape index (κ1) is 16.0. The maximum Gasteiger partial charge on any atom is 0.122 e. The molecule has 0 aliphatic heterocycles. The summed E-state index contributed by atoms with van der Waals surface area (Å²) in [6, 6.07) is 8.12. The number of ether oxygens (including phenoxy) is 1. The van der Waals surface area contributed by atoms with Crippen molar-refractivity contribution in [1.29, 1.82) is 0 Å². The number of rotatable bonds is 8. The Morgan fingerprint density at radius 3 is 2.81 bits per heavy atom. The van der Waals surface area contributed by atoms with Crippen molar-refractivity contribution in [3.8, 4) is 5.75 Å². The standard InChI is InChI=1S/C17H24N2OS/c1-4-10-18-12-16-14(3)19-17(21-16)9-11-20-15-8-6-5-7-13(15)2/h5-8,18H,4,9-12H2,1-3H3. The van der Waals surface area contributed by atoms with Crippen LogP contribution in [0.15, 0.2) is 24.3 Å². The molecule has 0 unspecified atom stereocenters. The van der Waals surface area contributed by atoms with E-state index in [0.29, 0.717) is 6.61 Å². The fourth-order valence-corrected chi connectivity index (χ4v) is 3.12. The van der Waals surface area contributed by atoms with Crippen molar-refractivity contribution < 1.29 is 4.74 Å². The van der Waals surface area contributed by atoms with Gasteiger partial charge in [0.15, 0.2) is 0 Å². The number of benzene rings is 1. The lowest BCUT2D eigenvalue weighted by molar-refractivity contribution is 0.319. The van der Waals surface area contributed by atoms with Gasteiger partial charge in [-0.1, -0.05) is 25.1 Å². The van der Waals surface area contributed by atoms with Crippen LogP contribution in [0.2, 0.25) is 0 Å². The molecule has 21 heavy (non-hydrogen) atoms. The van der Waals surface area contributed by atoms with Gasteiger partial charge in [0, 0.05) is 17.8 Å². The topological polar surface area (TPSA) is 34.1 Å². The molecule has 1 heterocycles. The SMILES string of the molecule is CCCNCc1sc(CCOc2ccccc2C)nc1C. The highest BCUT2D eigenvalue weighted by atomic mass is 32.1. The van der Waals surface area contributed by atoms with Gasteiger partial charge in [-0.25, -0.2) is 4.98 Å². The van der Waals surface area contributed by atoms with E-state index in [1.54, 1.807) is 11.3 Å². The Morgan fingerprint density at radius 1 is 1.24 bits per heavy atom. The van der Waals surface area contributed by atoms with Gasteiger partial charge in [0.25, 0.3) is 0 Å². The molecule has 0 aliphatic carbocycles. The summed E-state index contributed by atoms with van der Waals surface area (Å²) in [5.41, 5.74) is 2.33. The van der Waals surface area contributed by atoms with E-state index >= 15 is 0 Å². The van der Waals surface area contributed by atoms with Crippen LogP contribution in [0, 0.1) is 13.8 Å². The van der Waals surface area contributed by atoms with E-state index in [2.05, 4.69) is 37.1 Å². The molecule has 4 heteroatoms. The Kier molecular flexibility index (Phi) is 6.21. The molecule has 2 aromatic rings. The molecule has 0 radical (unpaired) electrons. The number of para-hydroxylation sites is 1. The highest BCUT2D eigenvalue weighted by molar-refractivity contribution is 7.11. The van der Waals surface area contributed by atoms with Gasteiger partial charge in [-0.3, -0.25) is 0 Å². The summed E-state index contributed by atoms with van der Waals surface area (Å²) in [7, 11) is 0. The van der Waals surface area contributed by atoms with Crippen molar-refractivity contribution in [3.63, 3.8) is 0 Å². The smallest absolute Gasteiger partial charge is 0.122 e. The third kappa shape index (κ3) is 4.83. The lowest BCUT2D eigenvalue weighted by Gasteiger charge is -2.07. The van der Waals surface area contributed by atoms with Gasteiger partial charge < -0.3 is 10.1 Å². The normalized spacial score (nSPS) is 10.8. The molecule has 0 bridgehead atoms. The molecule has 114 valence electrons. The predicted molar refractivity (Wildman–Crippen MR) is 89.2 cm³/mol. The van der Waals surface area contributed by atoms with Crippen molar-refractivity contribution >= 4 is 11.3 Å². The van der Waals surface area contributed by atoms with Gasteiger partial charge in [0.05, 0.1) is 17.3 Å². The van der Waals surface area contributed by atoms with E-state index < -0.39 is 0 Å². The van der Waals surface area contributed by atoms with E-state index in [9.17, 15) is 0 Å². The summed E-state index contributed by atoms with van der Waals surface area (Å²) in [6.45, 7) is 9.01. The highest BCUT2D eigenvalue weighted by Gasteiger charge is 2.07. The van der Waals surface area contributed by atoms with Gasteiger partial charge in [-0.15, -0.1) is 11.3 Å². The first-order chi connectivity index (χ1) is 10.2. The number of hydrogen-bond acceptors (Lipinski definition) is 4. The van der Waals surface area contributed by atoms with Crippen molar-refractivity contribution in [3.05, 3.63) is 45.4 Å².